The molecule has 0 aliphatic carbocycles. The zero-order valence-electron chi connectivity index (χ0n) is 10.9. The molecular formula is C14H19N3O. The third kappa shape index (κ3) is 1.72. The number of fused-ring (bicyclic) bond motifs is 1. The lowest BCUT2D eigenvalue weighted by Gasteiger charge is -2.43. The molecule has 1 aromatic carbocycles. The molecule has 4 heteroatoms. The van der Waals surface area contributed by atoms with E-state index in [4.69, 9.17) is 10.5 Å². The van der Waals surface area contributed by atoms with Crippen molar-refractivity contribution in [1.29, 1.82) is 0 Å². The average Bonchev–Trinajstić information content (AvgIpc) is 2.65. The van der Waals surface area contributed by atoms with Crippen LogP contribution < -0.4 is 5.73 Å². The van der Waals surface area contributed by atoms with Crippen LogP contribution in [-0.2, 0) is 17.2 Å². The van der Waals surface area contributed by atoms with Crippen molar-refractivity contribution in [3.05, 3.63) is 30.1 Å². The van der Waals surface area contributed by atoms with Crippen LogP contribution in [-0.4, -0.2) is 28.8 Å². The van der Waals surface area contributed by atoms with Crippen LogP contribution in [0.15, 0.2) is 24.5 Å². The Morgan fingerprint density at radius 2 is 2.28 bits per heavy atom. The Balaban J connectivity index is 2.02. The van der Waals surface area contributed by atoms with Gasteiger partial charge in [-0.1, -0.05) is 6.07 Å². The molecule has 2 N–H and O–H groups in total. The first kappa shape index (κ1) is 11.7. The van der Waals surface area contributed by atoms with Gasteiger partial charge in [0.2, 0.25) is 0 Å². The van der Waals surface area contributed by atoms with Gasteiger partial charge in [0.15, 0.2) is 0 Å². The van der Waals surface area contributed by atoms with E-state index in [-0.39, 0.29) is 11.5 Å². The summed E-state index contributed by atoms with van der Waals surface area (Å²) in [4.78, 5) is 4.42. The molecule has 1 aromatic heterocycles. The zero-order chi connectivity index (χ0) is 12.8. The minimum Gasteiger partial charge on any atom is -0.379 e. The van der Waals surface area contributed by atoms with Crippen LogP contribution in [0.2, 0.25) is 0 Å². The van der Waals surface area contributed by atoms with Crippen LogP contribution in [0.5, 0.6) is 0 Å². The lowest BCUT2D eigenvalue weighted by Crippen LogP contribution is -2.49. The van der Waals surface area contributed by atoms with Gasteiger partial charge in [0, 0.05) is 18.5 Å². The molecule has 1 aliphatic rings. The molecule has 1 saturated heterocycles. The van der Waals surface area contributed by atoms with Gasteiger partial charge < -0.3 is 15.0 Å². The maximum absolute atomic E-state index is 5.97. The molecule has 1 unspecified atom stereocenters. The molecule has 0 amide bonds. The van der Waals surface area contributed by atoms with Gasteiger partial charge in [-0.25, -0.2) is 4.98 Å². The lowest BCUT2D eigenvalue weighted by atomic mass is 9.74. The minimum absolute atomic E-state index is 0.0971. The summed E-state index contributed by atoms with van der Waals surface area (Å²) < 4.78 is 7.47. The normalized spacial score (nSPS) is 19.7. The van der Waals surface area contributed by atoms with E-state index >= 15 is 0 Å². The molecule has 96 valence electrons. The van der Waals surface area contributed by atoms with Crippen LogP contribution in [0.3, 0.4) is 0 Å². The van der Waals surface area contributed by atoms with E-state index in [1.54, 1.807) is 0 Å². The summed E-state index contributed by atoms with van der Waals surface area (Å²) in [6.07, 6.45) is 2.81. The van der Waals surface area contributed by atoms with Crippen molar-refractivity contribution in [3.8, 4) is 0 Å². The van der Waals surface area contributed by atoms with Crippen molar-refractivity contribution in [1.82, 2.24) is 9.55 Å². The largest absolute Gasteiger partial charge is 0.379 e. The van der Waals surface area contributed by atoms with Crippen molar-refractivity contribution in [2.45, 2.75) is 24.8 Å². The number of hydrogen-bond donors (Lipinski definition) is 1. The summed E-state index contributed by atoms with van der Waals surface area (Å²) in [5.41, 5.74) is 9.58. The number of benzene rings is 1. The van der Waals surface area contributed by atoms with Gasteiger partial charge in [0.1, 0.15) is 0 Å². The van der Waals surface area contributed by atoms with Crippen LogP contribution in [0.1, 0.15) is 18.9 Å². The van der Waals surface area contributed by atoms with Crippen molar-refractivity contribution >= 4 is 11.0 Å². The summed E-state index contributed by atoms with van der Waals surface area (Å²) in [6.45, 7) is 3.60. The van der Waals surface area contributed by atoms with Gasteiger partial charge in [-0.15, -0.1) is 0 Å². The fraction of sp³-hybridized carbons (Fsp3) is 0.500. The summed E-state index contributed by atoms with van der Waals surface area (Å²) >= 11 is 0. The van der Waals surface area contributed by atoms with Crippen molar-refractivity contribution in [3.63, 3.8) is 0 Å². The third-order valence-electron chi connectivity index (χ3n) is 3.81. The highest BCUT2D eigenvalue weighted by Gasteiger charge is 2.41. The number of rotatable bonds is 3. The Kier molecular flexibility index (Phi) is 2.64. The second kappa shape index (κ2) is 4.07. The number of ether oxygens (including phenoxy) is 1. The van der Waals surface area contributed by atoms with E-state index in [0.29, 0.717) is 0 Å². The minimum atomic E-state index is 0.0971. The first-order valence-electron chi connectivity index (χ1n) is 6.36. The van der Waals surface area contributed by atoms with Crippen LogP contribution in [0.4, 0.5) is 0 Å². The van der Waals surface area contributed by atoms with Gasteiger partial charge >= 0.3 is 0 Å². The molecular weight excluding hydrogens is 226 g/mol. The summed E-state index contributed by atoms with van der Waals surface area (Å²) in [5.74, 6) is 0. The Morgan fingerprint density at radius 1 is 1.50 bits per heavy atom. The number of hydrogen-bond acceptors (Lipinski definition) is 3. The van der Waals surface area contributed by atoms with Gasteiger partial charge in [0.05, 0.1) is 30.6 Å². The molecule has 1 fully saturated rings. The first-order chi connectivity index (χ1) is 8.61. The highest BCUT2D eigenvalue weighted by atomic mass is 16.5. The van der Waals surface area contributed by atoms with Gasteiger partial charge in [-0.2, -0.15) is 0 Å². The van der Waals surface area contributed by atoms with E-state index in [0.717, 1.165) is 30.7 Å². The Hall–Kier alpha value is -1.39. The quantitative estimate of drug-likeness (QED) is 0.893. The van der Waals surface area contributed by atoms with Crippen molar-refractivity contribution in [2.75, 3.05) is 13.2 Å². The van der Waals surface area contributed by atoms with Gasteiger partial charge in [0.25, 0.3) is 0 Å². The summed E-state index contributed by atoms with van der Waals surface area (Å²) in [6, 6.07) is 6.70. The van der Waals surface area contributed by atoms with Crippen LogP contribution >= 0.6 is 0 Å². The molecule has 0 radical (unpaired) electrons. The van der Waals surface area contributed by atoms with E-state index in [1.165, 1.54) is 5.56 Å². The monoisotopic (exact) mass is 245 g/mol. The van der Waals surface area contributed by atoms with E-state index in [1.807, 2.05) is 17.9 Å². The van der Waals surface area contributed by atoms with E-state index in [9.17, 15) is 0 Å². The SMILES string of the molecule is CC(N)CC1(c2ccc3c(c2)ncn3C)COC1. The predicted octanol–water partition coefficient (Wildman–Crippen LogP) is 1.58. The molecule has 3 rings (SSSR count). The fourth-order valence-electron chi connectivity index (χ4n) is 2.83. The lowest BCUT2D eigenvalue weighted by molar-refractivity contribution is -0.0664. The van der Waals surface area contributed by atoms with E-state index in [2.05, 4.69) is 30.1 Å². The molecule has 2 heterocycles. The maximum atomic E-state index is 5.97. The Bertz CT molecular complexity index is 569. The molecule has 4 nitrogen and oxygen atoms in total. The van der Waals surface area contributed by atoms with Crippen LogP contribution in [0.25, 0.3) is 11.0 Å². The Labute approximate surface area is 107 Å². The van der Waals surface area contributed by atoms with Crippen molar-refractivity contribution < 1.29 is 4.74 Å². The maximum Gasteiger partial charge on any atom is 0.0955 e. The molecule has 0 bridgehead atoms. The third-order valence-corrected chi connectivity index (χ3v) is 3.81. The summed E-state index contributed by atoms with van der Waals surface area (Å²) in [5, 5.41) is 0. The highest BCUT2D eigenvalue weighted by Crippen LogP contribution is 2.37. The van der Waals surface area contributed by atoms with Crippen molar-refractivity contribution in [2.24, 2.45) is 12.8 Å². The first-order valence-corrected chi connectivity index (χ1v) is 6.36. The van der Waals surface area contributed by atoms with Crippen LogP contribution in [0, 0.1) is 0 Å². The average molecular weight is 245 g/mol. The molecule has 1 atom stereocenters. The second-order valence-corrected chi connectivity index (χ2v) is 5.51. The zero-order valence-corrected chi connectivity index (χ0v) is 10.9. The number of nitrogens with zero attached hydrogens (tertiary/aromatic N) is 2. The Morgan fingerprint density at radius 3 is 2.89 bits per heavy atom. The molecule has 0 saturated carbocycles. The summed E-state index contributed by atoms with van der Waals surface area (Å²) in [7, 11) is 2.01. The number of imidazole rings is 1. The predicted molar refractivity (Wildman–Crippen MR) is 71.5 cm³/mol. The van der Waals surface area contributed by atoms with Gasteiger partial charge in [-0.05, 0) is 31.0 Å². The molecule has 0 spiro atoms. The van der Waals surface area contributed by atoms with Gasteiger partial charge in [-0.3, -0.25) is 0 Å². The smallest absolute Gasteiger partial charge is 0.0955 e. The highest BCUT2D eigenvalue weighted by molar-refractivity contribution is 5.76. The second-order valence-electron chi connectivity index (χ2n) is 5.51. The molecule has 2 aromatic rings. The number of nitrogens with two attached hydrogens (primary N) is 1. The number of aryl methyl sites for hydroxylation is 1. The van der Waals surface area contributed by atoms with E-state index < -0.39 is 0 Å². The topological polar surface area (TPSA) is 53.1 Å². The number of aromatic nitrogens is 2. The fourth-order valence-corrected chi connectivity index (χ4v) is 2.83. The standard InChI is InChI=1S/C14H19N3O/c1-10(15)6-14(7-18-8-14)11-3-4-13-12(5-11)16-9-17(13)2/h3-5,9-10H,6-8,15H2,1-2H3. The molecule has 18 heavy (non-hydrogen) atoms. The molecule has 1 aliphatic heterocycles.